The highest BCUT2D eigenvalue weighted by molar-refractivity contribution is 5.67. The number of halogens is 1. The second kappa shape index (κ2) is 7.58. The van der Waals surface area contributed by atoms with Gasteiger partial charge in [-0.2, -0.15) is 0 Å². The summed E-state index contributed by atoms with van der Waals surface area (Å²) >= 11 is 0. The van der Waals surface area contributed by atoms with Crippen LogP contribution < -0.4 is 9.80 Å². The Bertz CT molecular complexity index is 659. The van der Waals surface area contributed by atoms with Gasteiger partial charge in [-0.15, -0.1) is 0 Å². The Labute approximate surface area is 135 Å². The van der Waals surface area contributed by atoms with Gasteiger partial charge < -0.3 is 14.9 Å². The van der Waals surface area contributed by atoms with Crippen LogP contribution in [0, 0.1) is 5.82 Å². The highest BCUT2D eigenvalue weighted by Gasteiger charge is 2.11. The van der Waals surface area contributed by atoms with Crippen LogP contribution in [0.5, 0.6) is 0 Å². The predicted octanol–water partition coefficient (Wildman–Crippen LogP) is 2.77. The van der Waals surface area contributed by atoms with Crippen LogP contribution >= 0.6 is 0 Å². The van der Waals surface area contributed by atoms with Gasteiger partial charge in [0.25, 0.3) is 0 Å². The fourth-order valence-corrected chi connectivity index (χ4v) is 2.22. The molecule has 6 heteroatoms. The minimum absolute atomic E-state index is 0.00471. The van der Waals surface area contributed by atoms with E-state index < -0.39 is 5.97 Å². The van der Waals surface area contributed by atoms with Crippen molar-refractivity contribution in [2.75, 3.05) is 30.4 Å². The van der Waals surface area contributed by atoms with Crippen molar-refractivity contribution in [3.8, 4) is 0 Å². The second-order valence-electron chi connectivity index (χ2n) is 5.46. The summed E-state index contributed by atoms with van der Waals surface area (Å²) in [6, 6.07) is 10.1. The van der Waals surface area contributed by atoms with Gasteiger partial charge in [0, 0.05) is 27.2 Å². The number of hydrogen-bond donors (Lipinski definition) is 1. The number of rotatable bonds is 7. The Kier molecular flexibility index (Phi) is 5.51. The van der Waals surface area contributed by atoms with Crippen LogP contribution in [0.15, 0.2) is 42.6 Å². The molecule has 1 aromatic carbocycles. The Balaban J connectivity index is 2.20. The van der Waals surface area contributed by atoms with Gasteiger partial charge in [-0.3, -0.25) is 4.79 Å². The second-order valence-corrected chi connectivity index (χ2v) is 5.46. The lowest BCUT2D eigenvalue weighted by atomic mass is 10.2. The Morgan fingerprint density at radius 2 is 2.04 bits per heavy atom. The molecule has 1 aromatic heterocycles. The van der Waals surface area contributed by atoms with Crippen molar-refractivity contribution in [1.82, 2.24) is 4.98 Å². The fourth-order valence-electron chi connectivity index (χ4n) is 2.22. The van der Waals surface area contributed by atoms with Crippen molar-refractivity contribution in [2.45, 2.75) is 13.0 Å². The lowest BCUT2D eigenvalue weighted by molar-refractivity contribution is -0.136. The molecule has 1 heterocycles. The smallest absolute Gasteiger partial charge is 0.305 e. The summed E-state index contributed by atoms with van der Waals surface area (Å²) in [6.45, 7) is 0.753. The molecule has 0 saturated heterocycles. The van der Waals surface area contributed by atoms with E-state index in [1.807, 2.05) is 42.1 Å². The first-order valence-corrected chi connectivity index (χ1v) is 7.30. The van der Waals surface area contributed by atoms with Crippen LogP contribution in [-0.4, -0.2) is 36.7 Å². The van der Waals surface area contributed by atoms with Crippen LogP contribution in [-0.2, 0) is 11.3 Å². The summed E-state index contributed by atoms with van der Waals surface area (Å²) in [6.07, 6.45) is 1.71. The molecule has 2 aromatic rings. The van der Waals surface area contributed by atoms with Gasteiger partial charge in [-0.25, -0.2) is 9.37 Å². The van der Waals surface area contributed by atoms with E-state index in [-0.39, 0.29) is 12.2 Å². The average molecular weight is 317 g/mol. The third kappa shape index (κ3) is 4.95. The number of carbonyl (C=O) groups is 1. The topological polar surface area (TPSA) is 56.7 Å². The molecule has 5 nitrogen and oxygen atoms in total. The molecule has 0 aliphatic carbocycles. The predicted molar refractivity (Wildman–Crippen MR) is 88.3 cm³/mol. The van der Waals surface area contributed by atoms with Crippen molar-refractivity contribution in [1.29, 1.82) is 0 Å². The van der Waals surface area contributed by atoms with E-state index in [9.17, 15) is 9.18 Å². The van der Waals surface area contributed by atoms with Gasteiger partial charge in [0.05, 0.1) is 18.3 Å². The maximum absolute atomic E-state index is 13.3. The molecular weight excluding hydrogens is 297 g/mol. The number of hydrogen-bond acceptors (Lipinski definition) is 4. The molecule has 0 radical (unpaired) electrons. The van der Waals surface area contributed by atoms with Crippen molar-refractivity contribution in [2.24, 2.45) is 0 Å². The highest BCUT2D eigenvalue weighted by Crippen LogP contribution is 2.19. The maximum Gasteiger partial charge on any atom is 0.305 e. The van der Waals surface area contributed by atoms with Gasteiger partial charge in [-0.1, -0.05) is 12.1 Å². The normalized spacial score (nSPS) is 10.4. The molecule has 1 N–H and O–H groups in total. The molecule has 2 rings (SSSR count). The Morgan fingerprint density at radius 3 is 2.61 bits per heavy atom. The minimum Gasteiger partial charge on any atom is -0.481 e. The molecule has 0 atom stereocenters. The van der Waals surface area contributed by atoms with Crippen molar-refractivity contribution < 1.29 is 14.3 Å². The zero-order valence-corrected chi connectivity index (χ0v) is 13.2. The van der Waals surface area contributed by atoms with E-state index in [0.29, 0.717) is 13.1 Å². The molecule has 0 spiro atoms. The summed E-state index contributed by atoms with van der Waals surface area (Å²) in [7, 11) is 3.80. The van der Waals surface area contributed by atoms with Gasteiger partial charge in [0.2, 0.25) is 0 Å². The molecule has 122 valence electrons. The van der Waals surface area contributed by atoms with Crippen molar-refractivity contribution in [3.05, 3.63) is 54.0 Å². The third-order valence-electron chi connectivity index (χ3n) is 3.41. The summed E-state index contributed by atoms with van der Waals surface area (Å²) < 4.78 is 13.3. The van der Waals surface area contributed by atoms with E-state index in [2.05, 4.69) is 4.98 Å². The number of benzene rings is 1. The van der Waals surface area contributed by atoms with E-state index in [4.69, 9.17) is 5.11 Å². The standard InChI is InChI=1S/C17H20FN3O2/c1-20(2)16-7-6-15(11-19-16)21(9-8-17(22)23)12-13-4-3-5-14(18)10-13/h3-7,10-11H,8-9,12H2,1-2H3,(H,22,23). The molecule has 0 aliphatic heterocycles. The van der Waals surface area contributed by atoms with Gasteiger partial charge >= 0.3 is 5.97 Å². The first-order valence-electron chi connectivity index (χ1n) is 7.30. The zero-order valence-electron chi connectivity index (χ0n) is 13.2. The minimum atomic E-state index is -0.868. The number of nitrogens with zero attached hydrogens (tertiary/aromatic N) is 3. The lowest BCUT2D eigenvalue weighted by Gasteiger charge is -2.24. The zero-order chi connectivity index (χ0) is 16.8. The first-order chi connectivity index (χ1) is 11.0. The molecule has 0 bridgehead atoms. The monoisotopic (exact) mass is 317 g/mol. The van der Waals surface area contributed by atoms with Gasteiger partial charge in [0.1, 0.15) is 11.6 Å². The summed E-state index contributed by atoms with van der Waals surface area (Å²) in [5.74, 6) is -0.355. The highest BCUT2D eigenvalue weighted by atomic mass is 19.1. The van der Waals surface area contributed by atoms with Crippen LogP contribution in [0.25, 0.3) is 0 Å². The molecule has 0 aliphatic rings. The summed E-state index contributed by atoms with van der Waals surface area (Å²) in [5.41, 5.74) is 1.59. The van der Waals surface area contributed by atoms with Crippen LogP contribution in [0.3, 0.4) is 0 Å². The maximum atomic E-state index is 13.3. The van der Waals surface area contributed by atoms with E-state index in [1.165, 1.54) is 12.1 Å². The first kappa shape index (κ1) is 16.7. The van der Waals surface area contributed by atoms with Crippen LogP contribution in [0.2, 0.25) is 0 Å². The van der Waals surface area contributed by atoms with E-state index in [0.717, 1.165) is 17.1 Å². The van der Waals surface area contributed by atoms with E-state index >= 15 is 0 Å². The van der Waals surface area contributed by atoms with Gasteiger partial charge in [-0.05, 0) is 29.8 Å². The number of pyridine rings is 1. The Hall–Kier alpha value is -2.63. The largest absolute Gasteiger partial charge is 0.481 e. The number of aliphatic carboxylic acids is 1. The third-order valence-corrected chi connectivity index (χ3v) is 3.41. The van der Waals surface area contributed by atoms with E-state index in [1.54, 1.807) is 12.3 Å². The quantitative estimate of drug-likeness (QED) is 0.851. The summed E-state index contributed by atoms with van der Waals surface area (Å²) in [4.78, 5) is 19.0. The van der Waals surface area contributed by atoms with Gasteiger partial charge in [0.15, 0.2) is 0 Å². The molecular formula is C17H20FN3O2. The molecule has 0 saturated carbocycles. The van der Waals surface area contributed by atoms with Crippen molar-refractivity contribution in [3.63, 3.8) is 0 Å². The number of carboxylic acids is 1. The number of aromatic nitrogens is 1. The molecule has 0 amide bonds. The lowest BCUT2D eigenvalue weighted by Crippen LogP contribution is -2.26. The van der Waals surface area contributed by atoms with Crippen LogP contribution in [0.1, 0.15) is 12.0 Å². The van der Waals surface area contributed by atoms with Crippen molar-refractivity contribution >= 4 is 17.5 Å². The Morgan fingerprint density at radius 1 is 1.26 bits per heavy atom. The SMILES string of the molecule is CN(C)c1ccc(N(CCC(=O)O)Cc2cccc(F)c2)cn1. The summed E-state index contributed by atoms with van der Waals surface area (Å²) in [5, 5.41) is 8.93. The fraction of sp³-hybridized carbons (Fsp3) is 0.294. The van der Waals surface area contributed by atoms with Crippen LogP contribution in [0.4, 0.5) is 15.9 Å². The molecule has 0 unspecified atom stereocenters. The molecule has 23 heavy (non-hydrogen) atoms. The number of carboxylic acid groups (broad SMARTS) is 1. The molecule has 0 fully saturated rings. The average Bonchev–Trinajstić information content (AvgIpc) is 2.51. The number of anilines is 2.